The number of halogens is 3. The zero-order valence-electron chi connectivity index (χ0n) is 8.71. The number of nitrogens with zero attached hydrogens (tertiary/aromatic N) is 1. The van der Waals surface area contributed by atoms with Crippen LogP contribution in [0.4, 0.5) is 8.78 Å². The van der Waals surface area contributed by atoms with E-state index in [2.05, 4.69) is 5.32 Å². The Morgan fingerprint density at radius 1 is 1.60 bits per heavy atom. The van der Waals surface area contributed by atoms with Crippen LogP contribution < -0.4 is 5.32 Å². The molecule has 0 aromatic carbocycles. The first-order valence-corrected chi connectivity index (χ1v) is 4.82. The molecule has 1 rings (SSSR count). The van der Waals surface area contributed by atoms with Crippen LogP contribution in [-0.2, 0) is 4.79 Å². The monoisotopic (exact) mass is 242 g/mol. The van der Waals surface area contributed by atoms with Crippen molar-refractivity contribution in [2.45, 2.75) is 19.3 Å². The van der Waals surface area contributed by atoms with Crippen molar-refractivity contribution in [3.8, 4) is 0 Å². The van der Waals surface area contributed by atoms with Gasteiger partial charge in [0.05, 0.1) is 6.54 Å². The lowest BCUT2D eigenvalue weighted by Crippen LogP contribution is -2.32. The van der Waals surface area contributed by atoms with E-state index in [1.165, 1.54) is 7.05 Å². The van der Waals surface area contributed by atoms with Crippen molar-refractivity contribution in [3.05, 3.63) is 0 Å². The third-order valence-corrected chi connectivity index (χ3v) is 2.46. The van der Waals surface area contributed by atoms with Gasteiger partial charge in [0.1, 0.15) is 0 Å². The molecule has 3 nitrogen and oxygen atoms in total. The van der Waals surface area contributed by atoms with Gasteiger partial charge in [-0.25, -0.2) is 8.78 Å². The lowest BCUT2D eigenvalue weighted by Gasteiger charge is -2.18. The predicted octanol–water partition coefficient (Wildman–Crippen LogP) is 1.13. The molecule has 0 bridgehead atoms. The van der Waals surface area contributed by atoms with Crippen molar-refractivity contribution in [2.24, 2.45) is 5.92 Å². The van der Waals surface area contributed by atoms with Gasteiger partial charge >= 0.3 is 0 Å². The summed E-state index contributed by atoms with van der Waals surface area (Å²) in [5.74, 6) is 0.140. The molecular weight excluding hydrogens is 226 g/mol. The highest BCUT2D eigenvalue weighted by atomic mass is 35.5. The molecule has 1 saturated heterocycles. The van der Waals surface area contributed by atoms with E-state index in [1.54, 1.807) is 0 Å². The average molecular weight is 243 g/mol. The Hall–Kier alpha value is -0.420. The summed E-state index contributed by atoms with van der Waals surface area (Å²) < 4.78 is 23.9. The third kappa shape index (κ3) is 5.28. The van der Waals surface area contributed by atoms with Crippen LogP contribution in [0.3, 0.4) is 0 Å². The zero-order chi connectivity index (χ0) is 10.6. The molecule has 1 N–H and O–H groups in total. The van der Waals surface area contributed by atoms with Gasteiger partial charge in [0, 0.05) is 13.5 Å². The van der Waals surface area contributed by atoms with Crippen molar-refractivity contribution in [3.63, 3.8) is 0 Å². The molecule has 1 aliphatic heterocycles. The Labute approximate surface area is 94.6 Å². The maximum Gasteiger partial charge on any atom is 0.255 e. The number of alkyl halides is 2. The van der Waals surface area contributed by atoms with E-state index >= 15 is 0 Å². The van der Waals surface area contributed by atoms with Gasteiger partial charge in [-0.2, -0.15) is 0 Å². The lowest BCUT2D eigenvalue weighted by atomic mass is 10.0. The number of rotatable bonds is 4. The molecule has 15 heavy (non-hydrogen) atoms. The van der Waals surface area contributed by atoms with Crippen molar-refractivity contribution in [1.29, 1.82) is 0 Å². The molecule has 0 radical (unpaired) electrons. The van der Waals surface area contributed by atoms with Crippen LogP contribution in [0.5, 0.6) is 0 Å². The molecule has 0 saturated carbocycles. The maximum atomic E-state index is 12.0. The summed E-state index contributed by atoms with van der Waals surface area (Å²) in [5, 5.41) is 3.14. The van der Waals surface area contributed by atoms with E-state index in [-0.39, 0.29) is 18.3 Å². The predicted molar refractivity (Wildman–Crippen MR) is 56.5 cm³/mol. The summed E-state index contributed by atoms with van der Waals surface area (Å²) in [6, 6.07) is 0. The van der Waals surface area contributed by atoms with Gasteiger partial charge in [0.15, 0.2) is 0 Å². The normalized spacial score (nSPS) is 20.1. The maximum absolute atomic E-state index is 12.0. The highest BCUT2D eigenvalue weighted by Gasteiger charge is 2.21. The fourth-order valence-electron chi connectivity index (χ4n) is 1.60. The molecule has 1 atom stereocenters. The third-order valence-electron chi connectivity index (χ3n) is 2.46. The van der Waals surface area contributed by atoms with Gasteiger partial charge in [-0.3, -0.25) is 4.79 Å². The van der Waals surface area contributed by atoms with E-state index in [0.717, 1.165) is 24.4 Å². The van der Waals surface area contributed by atoms with Crippen LogP contribution in [0, 0.1) is 5.92 Å². The standard InChI is InChI=1S/C9H16F2N2O.ClH/c1-13(6-8(10)11)9(14)4-7-2-3-12-5-7;/h7-8,12H,2-6H2,1H3;1H. The van der Waals surface area contributed by atoms with Gasteiger partial charge < -0.3 is 10.2 Å². The van der Waals surface area contributed by atoms with E-state index in [4.69, 9.17) is 0 Å². The first kappa shape index (κ1) is 14.6. The zero-order valence-corrected chi connectivity index (χ0v) is 9.53. The van der Waals surface area contributed by atoms with Crippen molar-refractivity contribution < 1.29 is 13.6 Å². The summed E-state index contributed by atoms with van der Waals surface area (Å²) in [4.78, 5) is 12.5. The number of nitrogens with one attached hydrogen (secondary N) is 1. The molecule has 1 aliphatic rings. The quantitative estimate of drug-likeness (QED) is 0.802. The lowest BCUT2D eigenvalue weighted by molar-refractivity contribution is -0.132. The summed E-state index contributed by atoms with van der Waals surface area (Å²) in [6.07, 6.45) is -1.09. The number of carbonyl (C=O) groups excluding carboxylic acids is 1. The Morgan fingerprint density at radius 3 is 2.73 bits per heavy atom. The molecule has 1 unspecified atom stereocenters. The van der Waals surface area contributed by atoms with E-state index in [1.807, 2.05) is 0 Å². The topological polar surface area (TPSA) is 32.3 Å². The summed E-state index contributed by atoms with van der Waals surface area (Å²) in [7, 11) is 1.43. The Bertz CT molecular complexity index is 199. The molecule has 0 aliphatic carbocycles. The van der Waals surface area contributed by atoms with Crippen molar-refractivity contribution in [1.82, 2.24) is 10.2 Å². The van der Waals surface area contributed by atoms with E-state index in [9.17, 15) is 13.6 Å². The van der Waals surface area contributed by atoms with Gasteiger partial charge in [0.2, 0.25) is 5.91 Å². The molecule has 90 valence electrons. The molecule has 0 spiro atoms. The summed E-state index contributed by atoms with van der Waals surface area (Å²) in [6.45, 7) is 1.30. The van der Waals surface area contributed by atoms with Crippen LogP contribution in [0.2, 0.25) is 0 Å². The Balaban J connectivity index is 0.00000196. The molecule has 1 fully saturated rings. The second-order valence-corrected chi connectivity index (χ2v) is 3.73. The minimum absolute atomic E-state index is 0. The molecular formula is C9H17ClF2N2O. The highest BCUT2D eigenvalue weighted by molar-refractivity contribution is 5.85. The Morgan fingerprint density at radius 2 is 2.27 bits per heavy atom. The van der Waals surface area contributed by atoms with Crippen LogP contribution in [-0.4, -0.2) is 43.9 Å². The van der Waals surface area contributed by atoms with Crippen molar-refractivity contribution in [2.75, 3.05) is 26.7 Å². The first-order valence-electron chi connectivity index (χ1n) is 4.82. The molecule has 0 aromatic rings. The largest absolute Gasteiger partial charge is 0.340 e. The SMILES string of the molecule is CN(CC(F)F)C(=O)CC1CCNC1.Cl. The minimum Gasteiger partial charge on any atom is -0.340 e. The van der Waals surface area contributed by atoms with Crippen LogP contribution in [0.15, 0.2) is 0 Å². The molecule has 1 heterocycles. The van der Waals surface area contributed by atoms with Gasteiger partial charge in [-0.05, 0) is 25.4 Å². The second-order valence-electron chi connectivity index (χ2n) is 3.73. The van der Waals surface area contributed by atoms with Crippen LogP contribution in [0.25, 0.3) is 0 Å². The van der Waals surface area contributed by atoms with Crippen LogP contribution >= 0.6 is 12.4 Å². The number of hydrogen-bond donors (Lipinski definition) is 1. The average Bonchev–Trinajstić information content (AvgIpc) is 2.55. The van der Waals surface area contributed by atoms with Gasteiger partial charge in [-0.1, -0.05) is 0 Å². The smallest absolute Gasteiger partial charge is 0.255 e. The fourth-order valence-corrected chi connectivity index (χ4v) is 1.60. The summed E-state index contributed by atoms with van der Waals surface area (Å²) in [5.41, 5.74) is 0. The van der Waals surface area contributed by atoms with Gasteiger partial charge in [0.25, 0.3) is 6.43 Å². The Kier molecular flexibility index (Phi) is 6.76. The molecule has 1 amide bonds. The number of carbonyl (C=O) groups is 1. The number of hydrogen-bond acceptors (Lipinski definition) is 2. The first-order chi connectivity index (χ1) is 6.59. The van der Waals surface area contributed by atoms with Crippen LogP contribution in [0.1, 0.15) is 12.8 Å². The van der Waals surface area contributed by atoms with E-state index in [0.29, 0.717) is 12.3 Å². The van der Waals surface area contributed by atoms with E-state index < -0.39 is 13.0 Å². The highest BCUT2D eigenvalue weighted by Crippen LogP contribution is 2.13. The second kappa shape index (κ2) is 6.95. The fraction of sp³-hybridized carbons (Fsp3) is 0.889. The molecule has 0 aromatic heterocycles. The summed E-state index contributed by atoms with van der Waals surface area (Å²) >= 11 is 0. The number of amides is 1. The molecule has 6 heteroatoms. The van der Waals surface area contributed by atoms with Crippen molar-refractivity contribution >= 4 is 18.3 Å². The van der Waals surface area contributed by atoms with Gasteiger partial charge in [-0.15, -0.1) is 12.4 Å². The minimum atomic E-state index is -2.44.